The number of pyridine rings is 1. The molecule has 0 aromatic carbocycles. The Balaban J connectivity index is 1.16. The van der Waals surface area contributed by atoms with E-state index in [1.165, 1.54) is 0 Å². The number of rotatable bonds is 9. The second-order valence-electron chi connectivity index (χ2n) is 6.92. The number of allylic oxidation sites excluding steroid dienone is 3. The number of fused-ring (bicyclic) bond motifs is 1. The maximum atomic E-state index is 12.1. The van der Waals surface area contributed by atoms with E-state index < -0.39 is 0 Å². The molecule has 31 heavy (non-hydrogen) atoms. The van der Waals surface area contributed by atoms with Gasteiger partial charge in [-0.1, -0.05) is 35.5 Å². The van der Waals surface area contributed by atoms with Crippen molar-refractivity contribution >= 4 is 11.8 Å². The SMILES string of the molecule is O=C(CCc1nc(-c2ccccn2)no1)NCCCNC1=C2C=CC=CC2C(=O)N=N1. The van der Waals surface area contributed by atoms with Gasteiger partial charge >= 0.3 is 0 Å². The van der Waals surface area contributed by atoms with Gasteiger partial charge in [0, 0.05) is 37.7 Å². The second kappa shape index (κ2) is 9.70. The number of carbonyl (C=O) groups is 2. The number of hydrogen-bond donors (Lipinski definition) is 2. The Morgan fingerprint density at radius 2 is 2.10 bits per heavy atom. The van der Waals surface area contributed by atoms with Gasteiger partial charge in [0.15, 0.2) is 5.82 Å². The van der Waals surface area contributed by atoms with E-state index >= 15 is 0 Å². The first-order valence-corrected chi connectivity index (χ1v) is 10.00. The normalized spacial score (nSPS) is 17.0. The second-order valence-corrected chi connectivity index (χ2v) is 6.92. The van der Waals surface area contributed by atoms with Crippen molar-refractivity contribution in [1.29, 1.82) is 0 Å². The molecule has 4 rings (SSSR count). The summed E-state index contributed by atoms with van der Waals surface area (Å²) < 4.78 is 5.18. The Bertz CT molecular complexity index is 1070. The van der Waals surface area contributed by atoms with E-state index in [2.05, 4.69) is 36.0 Å². The molecule has 0 bridgehead atoms. The standard InChI is InChI=1S/C21H21N7O3/c29-17(9-10-18-25-20(28-31-18)16-8-3-4-11-22-16)23-12-5-13-24-19-14-6-1-2-7-15(14)21(30)27-26-19/h1-4,6-8,11,15,24H,5,9-10,12-13H2,(H,23,29). The number of aromatic nitrogens is 3. The summed E-state index contributed by atoms with van der Waals surface area (Å²) in [5, 5.41) is 17.6. The number of nitrogens with one attached hydrogen (secondary N) is 2. The van der Waals surface area contributed by atoms with Crippen LogP contribution in [0.5, 0.6) is 0 Å². The van der Waals surface area contributed by atoms with Gasteiger partial charge in [-0.2, -0.15) is 4.98 Å². The fourth-order valence-corrected chi connectivity index (χ4v) is 3.13. The zero-order valence-electron chi connectivity index (χ0n) is 16.7. The maximum absolute atomic E-state index is 12.1. The van der Waals surface area contributed by atoms with Gasteiger partial charge in [0.1, 0.15) is 5.69 Å². The third-order valence-electron chi connectivity index (χ3n) is 4.71. The van der Waals surface area contributed by atoms with Crippen LogP contribution in [0.15, 0.2) is 74.8 Å². The molecule has 2 amide bonds. The van der Waals surface area contributed by atoms with E-state index in [4.69, 9.17) is 4.52 Å². The van der Waals surface area contributed by atoms with Gasteiger partial charge in [-0.05, 0) is 18.6 Å². The molecule has 2 aliphatic rings. The van der Waals surface area contributed by atoms with Crippen LogP contribution in [0.3, 0.4) is 0 Å². The first-order chi connectivity index (χ1) is 15.2. The Morgan fingerprint density at radius 1 is 1.16 bits per heavy atom. The van der Waals surface area contributed by atoms with Crippen molar-refractivity contribution in [1.82, 2.24) is 25.8 Å². The van der Waals surface area contributed by atoms with E-state index in [1.807, 2.05) is 30.4 Å². The third kappa shape index (κ3) is 5.16. The molecular formula is C21H21N7O3. The van der Waals surface area contributed by atoms with Gasteiger partial charge in [-0.15, -0.1) is 10.2 Å². The molecule has 0 spiro atoms. The lowest BCUT2D eigenvalue weighted by molar-refractivity contribution is -0.121. The molecule has 0 saturated carbocycles. The molecule has 2 N–H and O–H groups in total. The molecule has 158 valence electrons. The number of nitrogens with zero attached hydrogens (tertiary/aromatic N) is 5. The summed E-state index contributed by atoms with van der Waals surface area (Å²) >= 11 is 0. The average Bonchev–Trinajstić information content (AvgIpc) is 3.29. The summed E-state index contributed by atoms with van der Waals surface area (Å²) in [6, 6.07) is 5.44. The third-order valence-corrected chi connectivity index (χ3v) is 4.71. The summed E-state index contributed by atoms with van der Waals surface area (Å²) in [5.74, 6) is 0.672. The van der Waals surface area contributed by atoms with Crippen LogP contribution in [0.4, 0.5) is 0 Å². The first kappa shape index (κ1) is 20.3. The van der Waals surface area contributed by atoms with Crippen LogP contribution in [0.2, 0.25) is 0 Å². The molecule has 1 atom stereocenters. The molecule has 10 heteroatoms. The molecule has 10 nitrogen and oxygen atoms in total. The highest BCUT2D eigenvalue weighted by molar-refractivity contribution is 5.86. The minimum Gasteiger partial charge on any atom is -0.368 e. The molecule has 0 radical (unpaired) electrons. The lowest BCUT2D eigenvalue weighted by atomic mass is 9.93. The van der Waals surface area contributed by atoms with Gasteiger partial charge in [0.05, 0.1) is 5.92 Å². The predicted octanol–water partition coefficient (Wildman–Crippen LogP) is 2.11. The predicted molar refractivity (Wildman–Crippen MR) is 110 cm³/mol. The summed E-state index contributed by atoms with van der Waals surface area (Å²) in [6.45, 7) is 1.10. The topological polar surface area (TPSA) is 135 Å². The maximum Gasteiger partial charge on any atom is 0.276 e. The monoisotopic (exact) mass is 419 g/mol. The number of aryl methyl sites for hydroxylation is 1. The van der Waals surface area contributed by atoms with Crippen LogP contribution < -0.4 is 10.6 Å². The van der Waals surface area contributed by atoms with Gasteiger partial charge in [-0.25, -0.2) is 0 Å². The van der Waals surface area contributed by atoms with Crippen LogP contribution in [0.1, 0.15) is 18.7 Å². The van der Waals surface area contributed by atoms with Crippen molar-refractivity contribution in [2.45, 2.75) is 19.3 Å². The van der Waals surface area contributed by atoms with Gasteiger partial charge < -0.3 is 15.2 Å². The summed E-state index contributed by atoms with van der Waals surface area (Å²) in [6.07, 6.45) is 10.3. The quantitative estimate of drug-likeness (QED) is 0.594. The lowest BCUT2D eigenvalue weighted by Crippen LogP contribution is -2.28. The highest BCUT2D eigenvalue weighted by Gasteiger charge is 2.26. The van der Waals surface area contributed by atoms with E-state index in [0.29, 0.717) is 49.2 Å². The van der Waals surface area contributed by atoms with Crippen molar-refractivity contribution in [2.75, 3.05) is 13.1 Å². The molecule has 3 heterocycles. The average molecular weight is 419 g/mol. The molecule has 0 saturated heterocycles. The van der Waals surface area contributed by atoms with E-state index in [9.17, 15) is 9.59 Å². The molecule has 1 aliphatic carbocycles. The van der Waals surface area contributed by atoms with Crippen molar-refractivity contribution in [2.24, 2.45) is 16.1 Å². The number of amides is 2. The summed E-state index contributed by atoms with van der Waals surface area (Å²) in [5.41, 5.74) is 1.44. The zero-order chi connectivity index (χ0) is 21.5. The summed E-state index contributed by atoms with van der Waals surface area (Å²) in [7, 11) is 0. The van der Waals surface area contributed by atoms with Crippen molar-refractivity contribution in [3.8, 4) is 11.5 Å². The fraction of sp³-hybridized carbons (Fsp3) is 0.286. The Kier molecular flexibility index (Phi) is 6.36. The Morgan fingerprint density at radius 3 is 2.97 bits per heavy atom. The zero-order valence-corrected chi connectivity index (χ0v) is 16.7. The van der Waals surface area contributed by atoms with E-state index in [-0.39, 0.29) is 24.2 Å². The van der Waals surface area contributed by atoms with Crippen LogP contribution in [-0.2, 0) is 16.0 Å². The molecule has 2 aromatic heterocycles. The molecular weight excluding hydrogens is 398 g/mol. The highest BCUT2D eigenvalue weighted by atomic mass is 16.5. The number of hydrogen-bond acceptors (Lipinski definition) is 8. The van der Waals surface area contributed by atoms with Crippen LogP contribution in [0.25, 0.3) is 11.5 Å². The molecule has 1 unspecified atom stereocenters. The van der Waals surface area contributed by atoms with Crippen LogP contribution in [0, 0.1) is 5.92 Å². The van der Waals surface area contributed by atoms with Crippen LogP contribution >= 0.6 is 0 Å². The largest absolute Gasteiger partial charge is 0.368 e. The van der Waals surface area contributed by atoms with Gasteiger partial charge in [-0.3, -0.25) is 14.6 Å². The lowest BCUT2D eigenvalue weighted by Gasteiger charge is -2.20. The number of azo groups is 1. The van der Waals surface area contributed by atoms with Crippen LogP contribution in [-0.4, -0.2) is 40.0 Å². The van der Waals surface area contributed by atoms with Crippen molar-refractivity contribution in [3.63, 3.8) is 0 Å². The summed E-state index contributed by atoms with van der Waals surface area (Å²) in [4.78, 5) is 32.3. The van der Waals surface area contributed by atoms with E-state index in [1.54, 1.807) is 18.3 Å². The molecule has 0 fully saturated rings. The van der Waals surface area contributed by atoms with E-state index in [0.717, 1.165) is 5.57 Å². The van der Waals surface area contributed by atoms with Crippen molar-refractivity contribution in [3.05, 3.63) is 66.0 Å². The smallest absolute Gasteiger partial charge is 0.276 e. The first-order valence-electron chi connectivity index (χ1n) is 10.00. The van der Waals surface area contributed by atoms with Gasteiger partial charge in [0.2, 0.25) is 17.6 Å². The minimum atomic E-state index is -0.368. The highest BCUT2D eigenvalue weighted by Crippen LogP contribution is 2.27. The molecule has 1 aliphatic heterocycles. The Hall–Kier alpha value is -3.95. The van der Waals surface area contributed by atoms with Gasteiger partial charge in [0.25, 0.3) is 5.91 Å². The minimum absolute atomic E-state index is 0.0945. The number of carbonyl (C=O) groups excluding carboxylic acids is 2. The van der Waals surface area contributed by atoms with Crippen molar-refractivity contribution < 1.29 is 14.1 Å². The molecule has 2 aromatic rings. The fourth-order valence-electron chi connectivity index (χ4n) is 3.13. The Labute approximate surface area is 178 Å².